The van der Waals surface area contributed by atoms with Crippen LogP contribution < -0.4 is 5.73 Å². The number of rotatable bonds is 5. The van der Waals surface area contributed by atoms with Crippen LogP contribution in [0.1, 0.15) is 48.6 Å². The maximum Gasteiger partial charge on any atom is 0.0348 e. The highest BCUT2D eigenvalue weighted by Gasteiger charge is 2.53. The first-order valence-electron chi connectivity index (χ1n) is 11.6. The lowest BCUT2D eigenvalue weighted by Gasteiger charge is -2.51. The molecule has 1 saturated carbocycles. The highest BCUT2D eigenvalue weighted by Crippen LogP contribution is 2.55. The first-order chi connectivity index (χ1) is 14.3. The molecule has 154 valence electrons. The number of nitrogens with zero attached hydrogens (tertiary/aromatic N) is 2. The van der Waals surface area contributed by atoms with Crippen molar-refractivity contribution >= 4 is 0 Å². The van der Waals surface area contributed by atoms with Crippen molar-refractivity contribution in [2.24, 2.45) is 11.7 Å². The normalized spacial score (nSPS) is 33.1. The van der Waals surface area contributed by atoms with Gasteiger partial charge < -0.3 is 5.73 Å². The summed E-state index contributed by atoms with van der Waals surface area (Å²) in [7, 11) is 0. The molecule has 29 heavy (non-hydrogen) atoms. The van der Waals surface area contributed by atoms with Gasteiger partial charge in [-0.15, -0.1) is 0 Å². The second-order valence-corrected chi connectivity index (χ2v) is 9.55. The summed E-state index contributed by atoms with van der Waals surface area (Å²) in [4.78, 5) is 5.57. The molecule has 2 unspecified atom stereocenters. The predicted molar refractivity (Wildman–Crippen MR) is 120 cm³/mol. The zero-order valence-corrected chi connectivity index (χ0v) is 17.5. The zero-order valence-electron chi connectivity index (χ0n) is 17.5. The molecular formula is C26H35N3. The summed E-state index contributed by atoms with van der Waals surface area (Å²) in [6.07, 6.45) is 5.31. The first-order valence-corrected chi connectivity index (χ1v) is 11.6. The van der Waals surface area contributed by atoms with Crippen LogP contribution in [0.15, 0.2) is 60.7 Å². The molecule has 1 aliphatic carbocycles. The van der Waals surface area contributed by atoms with Crippen molar-refractivity contribution in [3.05, 3.63) is 71.8 Å². The third-order valence-corrected chi connectivity index (χ3v) is 7.90. The standard InChI is InChI=1S/C26H35N3/c27-13-16-28-19-25-23(21-9-3-1-4-10-21)17-26(20-28,29-14-7-8-15-29)18-24(25)22-11-5-2-6-12-22/h1-6,9-12,23-25H,7-8,13-20,27H2. The van der Waals surface area contributed by atoms with Crippen LogP contribution in [0.25, 0.3) is 0 Å². The van der Waals surface area contributed by atoms with Crippen LogP contribution in [-0.4, -0.2) is 54.6 Å². The topological polar surface area (TPSA) is 32.5 Å². The maximum absolute atomic E-state index is 6.05. The van der Waals surface area contributed by atoms with Gasteiger partial charge >= 0.3 is 0 Å². The summed E-state index contributed by atoms with van der Waals surface area (Å²) in [5.41, 5.74) is 9.41. The predicted octanol–water partition coefficient (Wildman–Crippen LogP) is 4.07. The van der Waals surface area contributed by atoms with E-state index >= 15 is 0 Å². The zero-order chi connectivity index (χ0) is 19.7. The Morgan fingerprint density at radius 2 is 1.38 bits per heavy atom. The SMILES string of the molecule is NCCN1CC2C(c3ccccc3)CC(N3CCCC3)(CC2c2ccccc2)C1. The molecule has 2 bridgehead atoms. The quantitative estimate of drug-likeness (QED) is 0.837. The van der Waals surface area contributed by atoms with Crippen molar-refractivity contribution in [3.63, 3.8) is 0 Å². The number of nitrogens with two attached hydrogens (primary N) is 1. The van der Waals surface area contributed by atoms with Gasteiger partial charge in [0.15, 0.2) is 0 Å². The van der Waals surface area contributed by atoms with Crippen molar-refractivity contribution in [1.82, 2.24) is 9.80 Å². The number of likely N-dealkylation sites (tertiary alicyclic amines) is 1. The van der Waals surface area contributed by atoms with E-state index in [1.807, 2.05) is 0 Å². The van der Waals surface area contributed by atoms with Crippen molar-refractivity contribution in [1.29, 1.82) is 0 Å². The van der Waals surface area contributed by atoms with E-state index in [-0.39, 0.29) is 5.54 Å². The molecule has 0 aromatic heterocycles. The lowest BCUT2D eigenvalue weighted by molar-refractivity contribution is 0.0430. The fraction of sp³-hybridized carbons (Fsp3) is 0.538. The Morgan fingerprint density at radius 1 is 0.828 bits per heavy atom. The molecule has 2 N–H and O–H groups in total. The molecule has 3 aliphatic heterocycles. The van der Waals surface area contributed by atoms with Crippen LogP contribution in [0.2, 0.25) is 0 Å². The Morgan fingerprint density at radius 3 is 1.90 bits per heavy atom. The summed E-state index contributed by atoms with van der Waals surface area (Å²) in [6.45, 7) is 6.68. The Balaban J connectivity index is 1.60. The van der Waals surface area contributed by atoms with Gasteiger partial charge in [0.1, 0.15) is 0 Å². The average molecular weight is 390 g/mol. The molecule has 4 fully saturated rings. The fourth-order valence-corrected chi connectivity index (χ4v) is 6.68. The van der Waals surface area contributed by atoms with Gasteiger partial charge in [-0.05, 0) is 67.7 Å². The van der Waals surface area contributed by atoms with Crippen molar-refractivity contribution in [3.8, 4) is 0 Å². The number of benzene rings is 2. The van der Waals surface area contributed by atoms with E-state index in [2.05, 4.69) is 70.5 Å². The molecule has 3 heterocycles. The summed E-state index contributed by atoms with van der Waals surface area (Å²) in [5, 5.41) is 0. The van der Waals surface area contributed by atoms with E-state index in [0.29, 0.717) is 17.8 Å². The molecule has 3 nitrogen and oxygen atoms in total. The van der Waals surface area contributed by atoms with Crippen LogP contribution in [0.3, 0.4) is 0 Å². The lowest BCUT2D eigenvalue weighted by atomic mass is 9.61. The Hall–Kier alpha value is -1.68. The third-order valence-electron chi connectivity index (χ3n) is 7.90. The van der Waals surface area contributed by atoms with E-state index in [1.54, 1.807) is 0 Å². The van der Waals surface area contributed by atoms with Crippen LogP contribution in [-0.2, 0) is 0 Å². The van der Waals surface area contributed by atoms with Crippen molar-refractivity contribution in [2.45, 2.75) is 43.1 Å². The van der Waals surface area contributed by atoms with Crippen LogP contribution in [0, 0.1) is 5.92 Å². The van der Waals surface area contributed by atoms with Crippen LogP contribution >= 0.6 is 0 Å². The van der Waals surface area contributed by atoms with E-state index in [4.69, 9.17) is 5.73 Å². The monoisotopic (exact) mass is 389 g/mol. The van der Waals surface area contributed by atoms with Gasteiger partial charge in [0.25, 0.3) is 0 Å². The fourth-order valence-electron chi connectivity index (χ4n) is 6.68. The molecule has 2 aromatic carbocycles. The average Bonchev–Trinajstić information content (AvgIpc) is 3.21. The molecule has 3 saturated heterocycles. The molecule has 0 radical (unpaired) electrons. The summed E-state index contributed by atoms with van der Waals surface area (Å²) < 4.78 is 0. The number of hydrogen-bond donors (Lipinski definition) is 1. The molecule has 0 spiro atoms. The first kappa shape index (κ1) is 19.3. The molecule has 2 atom stereocenters. The Kier molecular flexibility index (Phi) is 5.47. The Labute approximate surface area is 175 Å². The molecule has 3 heteroatoms. The van der Waals surface area contributed by atoms with Crippen LogP contribution in [0.5, 0.6) is 0 Å². The van der Waals surface area contributed by atoms with Gasteiger partial charge in [0.05, 0.1) is 0 Å². The minimum atomic E-state index is 0.277. The Bertz CT molecular complexity index is 735. The molecule has 2 aromatic rings. The second-order valence-electron chi connectivity index (χ2n) is 9.55. The van der Waals surface area contributed by atoms with E-state index in [1.165, 1.54) is 63.0 Å². The lowest BCUT2D eigenvalue weighted by Crippen LogP contribution is -2.56. The molecule has 0 amide bonds. The van der Waals surface area contributed by atoms with E-state index < -0.39 is 0 Å². The van der Waals surface area contributed by atoms with Gasteiger partial charge in [0, 0.05) is 31.7 Å². The molecular weight excluding hydrogens is 354 g/mol. The minimum absolute atomic E-state index is 0.277. The summed E-state index contributed by atoms with van der Waals surface area (Å²) in [6, 6.07) is 22.7. The van der Waals surface area contributed by atoms with Gasteiger partial charge in [0.2, 0.25) is 0 Å². The van der Waals surface area contributed by atoms with E-state index in [0.717, 1.165) is 13.1 Å². The molecule has 4 aliphatic rings. The largest absolute Gasteiger partial charge is 0.329 e. The minimum Gasteiger partial charge on any atom is -0.329 e. The number of hydrogen-bond acceptors (Lipinski definition) is 3. The smallest absolute Gasteiger partial charge is 0.0348 e. The van der Waals surface area contributed by atoms with Gasteiger partial charge in [-0.2, -0.15) is 0 Å². The summed E-state index contributed by atoms with van der Waals surface area (Å²) >= 11 is 0. The second kappa shape index (κ2) is 8.22. The molecule has 6 rings (SSSR count). The van der Waals surface area contributed by atoms with Gasteiger partial charge in [-0.1, -0.05) is 60.7 Å². The van der Waals surface area contributed by atoms with Crippen LogP contribution in [0.4, 0.5) is 0 Å². The van der Waals surface area contributed by atoms with Gasteiger partial charge in [-0.3, -0.25) is 9.80 Å². The van der Waals surface area contributed by atoms with Crippen molar-refractivity contribution < 1.29 is 0 Å². The van der Waals surface area contributed by atoms with Crippen molar-refractivity contribution in [2.75, 3.05) is 39.3 Å². The highest BCUT2D eigenvalue weighted by molar-refractivity contribution is 5.31. The van der Waals surface area contributed by atoms with Gasteiger partial charge in [-0.25, -0.2) is 0 Å². The number of fused-ring (bicyclic) bond motifs is 4. The third kappa shape index (κ3) is 3.65. The van der Waals surface area contributed by atoms with E-state index in [9.17, 15) is 0 Å². The summed E-state index contributed by atoms with van der Waals surface area (Å²) in [5.74, 6) is 1.90. The highest BCUT2D eigenvalue weighted by atomic mass is 15.3. The maximum atomic E-state index is 6.05.